The van der Waals surface area contributed by atoms with Crippen LogP contribution in [0.2, 0.25) is 0 Å². The van der Waals surface area contributed by atoms with E-state index in [9.17, 15) is 17.6 Å². The van der Waals surface area contributed by atoms with E-state index in [0.717, 1.165) is 40.2 Å². The number of nitrogens with zero attached hydrogens (tertiary/aromatic N) is 1. The van der Waals surface area contributed by atoms with E-state index in [-0.39, 0.29) is 31.0 Å². The van der Waals surface area contributed by atoms with Crippen LogP contribution >= 0.6 is 0 Å². The van der Waals surface area contributed by atoms with E-state index >= 15 is 0 Å². The molecule has 2 aromatic carbocycles. The van der Waals surface area contributed by atoms with Crippen LogP contribution in [0.5, 0.6) is 0 Å². The van der Waals surface area contributed by atoms with Crippen LogP contribution in [0.3, 0.4) is 0 Å². The average molecular weight is 407 g/mol. The van der Waals surface area contributed by atoms with Gasteiger partial charge in [-0.1, -0.05) is 44.2 Å². The summed E-state index contributed by atoms with van der Waals surface area (Å²) in [5.74, 6) is -0.792. The van der Waals surface area contributed by atoms with E-state index < -0.39 is 15.8 Å². The van der Waals surface area contributed by atoms with E-state index in [1.807, 2.05) is 32.0 Å². The number of hydrogen-bond acceptors (Lipinski definition) is 3. The number of hydrogen-bond donors (Lipinski definition) is 1. The van der Waals surface area contributed by atoms with Crippen molar-refractivity contribution in [3.05, 3.63) is 59.4 Å². The highest BCUT2D eigenvalue weighted by Gasteiger charge is 2.20. The maximum absolute atomic E-state index is 14.0. The smallest absolute Gasteiger partial charge is 0.232 e. The minimum absolute atomic E-state index is 0.00462. The van der Waals surface area contributed by atoms with Gasteiger partial charge < -0.3 is 5.32 Å². The van der Waals surface area contributed by atoms with Crippen molar-refractivity contribution in [1.82, 2.24) is 0 Å². The molecule has 0 radical (unpaired) electrons. The zero-order valence-corrected chi connectivity index (χ0v) is 17.4. The number of nitrogens with one attached hydrogen (secondary N) is 1. The maximum atomic E-state index is 14.0. The van der Waals surface area contributed by atoms with E-state index in [0.29, 0.717) is 0 Å². The number of amides is 1. The molecule has 0 fully saturated rings. The van der Waals surface area contributed by atoms with E-state index in [4.69, 9.17) is 0 Å². The Labute approximate surface area is 166 Å². The molecule has 0 heterocycles. The van der Waals surface area contributed by atoms with Crippen LogP contribution in [0.15, 0.2) is 42.5 Å². The Morgan fingerprint density at radius 1 is 1.04 bits per heavy atom. The van der Waals surface area contributed by atoms with Crippen LogP contribution in [-0.4, -0.2) is 27.1 Å². The van der Waals surface area contributed by atoms with Crippen LogP contribution in [0.25, 0.3) is 0 Å². The fraction of sp³-hybridized carbons (Fsp3) is 0.381. The van der Waals surface area contributed by atoms with Crippen LogP contribution < -0.4 is 9.62 Å². The van der Waals surface area contributed by atoms with Crippen LogP contribution in [0, 0.1) is 5.82 Å². The number of halogens is 1. The van der Waals surface area contributed by atoms with Gasteiger partial charge in [0.1, 0.15) is 5.82 Å². The quantitative estimate of drug-likeness (QED) is 0.681. The number of carbonyl (C=O) groups excluding carboxylic acids is 1. The molecule has 2 rings (SSSR count). The first kappa shape index (κ1) is 21.9. The molecular formula is C21H27FN2O3S. The molecule has 1 N–H and O–H groups in total. The first-order chi connectivity index (χ1) is 13.3. The lowest BCUT2D eigenvalue weighted by molar-refractivity contribution is -0.116. The average Bonchev–Trinajstić information content (AvgIpc) is 2.65. The van der Waals surface area contributed by atoms with Gasteiger partial charge in [-0.25, -0.2) is 12.8 Å². The van der Waals surface area contributed by atoms with Crippen LogP contribution in [0.1, 0.15) is 37.8 Å². The Morgan fingerprint density at radius 3 is 2.18 bits per heavy atom. The van der Waals surface area contributed by atoms with Gasteiger partial charge in [0.15, 0.2) is 0 Å². The Morgan fingerprint density at radius 2 is 1.64 bits per heavy atom. The Balaban J connectivity index is 2.06. The molecule has 0 aliphatic rings. The first-order valence-corrected chi connectivity index (χ1v) is 11.3. The van der Waals surface area contributed by atoms with E-state index in [2.05, 4.69) is 5.32 Å². The van der Waals surface area contributed by atoms with Gasteiger partial charge in [-0.2, -0.15) is 0 Å². The van der Waals surface area contributed by atoms with Crippen LogP contribution in [0.4, 0.5) is 15.8 Å². The third kappa shape index (κ3) is 5.55. The zero-order valence-electron chi connectivity index (χ0n) is 16.5. The molecule has 28 heavy (non-hydrogen) atoms. The van der Waals surface area contributed by atoms with E-state index in [1.54, 1.807) is 6.07 Å². The Bertz CT molecular complexity index is 907. The number of rotatable bonds is 9. The molecule has 0 bridgehead atoms. The minimum Gasteiger partial charge on any atom is -0.326 e. The van der Waals surface area contributed by atoms with Crippen molar-refractivity contribution in [3.63, 3.8) is 0 Å². The highest BCUT2D eigenvalue weighted by molar-refractivity contribution is 7.92. The summed E-state index contributed by atoms with van der Waals surface area (Å²) in [7, 11) is -3.66. The third-order valence-electron chi connectivity index (χ3n) is 4.55. The topological polar surface area (TPSA) is 66.5 Å². The molecule has 2 aromatic rings. The highest BCUT2D eigenvalue weighted by Crippen LogP contribution is 2.24. The summed E-state index contributed by atoms with van der Waals surface area (Å²) in [6.07, 6.45) is 3.06. The summed E-state index contributed by atoms with van der Waals surface area (Å²) in [6.45, 7) is 4.09. The summed E-state index contributed by atoms with van der Waals surface area (Å²) in [5, 5.41) is 2.96. The molecule has 0 saturated carbocycles. The second-order valence-electron chi connectivity index (χ2n) is 6.60. The van der Waals surface area contributed by atoms with Crippen molar-refractivity contribution in [3.8, 4) is 0 Å². The first-order valence-electron chi connectivity index (χ1n) is 9.40. The largest absolute Gasteiger partial charge is 0.326 e. The van der Waals surface area contributed by atoms with Crippen molar-refractivity contribution < 1.29 is 17.6 Å². The number of carbonyl (C=O) groups is 1. The predicted octanol–water partition coefficient (Wildman–Crippen LogP) is 4.14. The summed E-state index contributed by atoms with van der Waals surface area (Å²) in [5.41, 5.74) is 2.97. The van der Waals surface area contributed by atoms with Gasteiger partial charge in [-0.05, 0) is 42.5 Å². The standard InChI is InChI=1S/C21H27FN2O3S/c1-4-16-10-8-11-17(5-2)21(16)23-20(25)14-9-15-24(28(3,26)27)19-13-7-6-12-18(19)22/h6-8,10-13H,4-5,9,14-15H2,1-3H3,(H,23,25). The number of benzene rings is 2. The number of anilines is 2. The van der Waals surface area contributed by atoms with E-state index in [1.165, 1.54) is 18.2 Å². The number of aryl methyl sites for hydroxylation is 2. The maximum Gasteiger partial charge on any atom is 0.232 e. The van der Waals surface area contributed by atoms with Gasteiger partial charge in [0.05, 0.1) is 11.9 Å². The van der Waals surface area contributed by atoms with Crippen LogP contribution in [-0.2, 0) is 27.7 Å². The molecule has 152 valence electrons. The molecule has 7 heteroatoms. The number of sulfonamides is 1. The normalized spacial score (nSPS) is 11.3. The Kier molecular flexibility index (Phi) is 7.57. The van der Waals surface area contributed by atoms with Gasteiger partial charge in [-0.15, -0.1) is 0 Å². The zero-order chi connectivity index (χ0) is 20.7. The molecular weight excluding hydrogens is 379 g/mol. The lowest BCUT2D eigenvalue weighted by Crippen LogP contribution is -2.32. The van der Waals surface area contributed by atoms with Crippen molar-refractivity contribution >= 4 is 27.3 Å². The molecule has 5 nitrogen and oxygen atoms in total. The summed E-state index contributed by atoms with van der Waals surface area (Å²) >= 11 is 0. The molecule has 0 atom stereocenters. The molecule has 1 amide bonds. The van der Waals surface area contributed by atoms with Crippen molar-refractivity contribution in [1.29, 1.82) is 0 Å². The van der Waals surface area contributed by atoms with Gasteiger partial charge >= 0.3 is 0 Å². The molecule has 0 unspecified atom stereocenters. The summed E-state index contributed by atoms with van der Waals surface area (Å²) in [6, 6.07) is 11.7. The number of para-hydroxylation sites is 2. The molecule has 0 aliphatic carbocycles. The summed E-state index contributed by atoms with van der Waals surface area (Å²) < 4.78 is 39.2. The third-order valence-corrected chi connectivity index (χ3v) is 5.73. The molecule has 0 aliphatic heterocycles. The fourth-order valence-electron chi connectivity index (χ4n) is 3.11. The van der Waals surface area contributed by atoms with Gasteiger partial charge in [0, 0.05) is 18.7 Å². The van der Waals surface area contributed by atoms with Gasteiger partial charge in [0.2, 0.25) is 15.9 Å². The molecule has 0 aromatic heterocycles. The molecule has 0 saturated heterocycles. The highest BCUT2D eigenvalue weighted by atomic mass is 32.2. The fourth-order valence-corrected chi connectivity index (χ4v) is 4.07. The predicted molar refractivity (Wildman–Crippen MR) is 112 cm³/mol. The van der Waals surface area contributed by atoms with Gasteiger partial charge in [0.25, 0.3) is 0 Å². The van der Waals surface area contributed by atoms with Crippen molar-refractivity contribution in [2.45, 2.75) is 39.5 Å². The van der Waals surface area contributed by atoms with Crippen molar-refractivity contribution in [2.75, 3.05) is 22.4 Å². The van der Waals surface area contributed by atoms with Gasteiger partial charge in [-0.3, -0.25) is 9.10 Å². The minimum atomic E-state index is -3.66. The summed E-state index contributed by atoms with van der Waals surface area (Å²) in [4.78, 5) is 12.4. The SMILES string of the molecule is CCc1cccc(CC)c1NC(=O)CCCN(c1ccccc1F)S(C)(=O)=O. The second-order valence-corrected chi connectivity index (χ2v) is 8.50. The molecule has 0 spiro atoms. The Hall–Kier alpha value is -2.41. The lowest BCUT2D eigenvalue weighted by Gasteiger charge is -2.22. The van der Waals surface area contributed by atoms with Crippen molar-refractivity contribution in [2.24, 2.45) is 0 Å². The lowest BCUT2D eigenvalue weighted by atomic mass is 10.0. The monoisotopic (exact) mass is 406 g/mol. The second kappa shape index (κ2) is 9.68.